The van der Waals surface area contributed by atoms with Gasteiger partial charge in [0.1, 0.15) is 0 Å². The Morgan fingerprint density at radius 1 is 1.40 bits per heavy atom. The average Bonchev–Trinajstić information content (AvgIpc) is 2.90. The molecule has 1 amide bonds. The molecule has 0 spiro atoms. The number of anilines is 1. The summed E-state index contributed by atoms with van der Waals surface area (Å²) in [4.78, 5) is 11.9. The third kappa shape index (κ3) is 3.35. The van der Waals surface area contributed by atoms with Crippen molar-refractivity contribution in [3.8, 4) is 0 Å². The number of hydrogen-bond donors (Lipinski definition) is 1. The lowest BCUT2D eigenvalue weighted by Gasteiger charge is -2.08. The summed E-state index contributed by atoms with van der Waals surface area (Å²) < 4.78 is 1.82. The van der Waals surface area contributed by atoms with E-state index in [1.165, 1.54) is 6.08 Å². The fraction of sp³-hybridized carbons (Fsp3) is 0.250. The van der Waals surface area contributed by atoms with E-state index in [0.717, 1.165) is 28.9 Å². The fourth-order valence-electron chi connectivity index (χ4n) is 1.87. The number of carbonyl (C=O) groups excluding carboxylic acids is 1. The van der Waals surface area contributed by atoms with Gasteiger partial charge in [0.2, 0.25) is 5.91 Å². The van der Waals surface area contributed by atoms with Crippen molar-refractivity contribution in [1.82, 2.24) is 9.78 Å². The van der Waals surface area contributed by atoms with Crippen LogP contribution in [0.4, 0.5) is 5.69 Å². The van der Waals surface area contributed by atoms with E-state index in [-0.39, 0.29) is 5.91 Å². The summed E-state index contributed by atoms with van der Waals surface area (Å²) in [5.41, 5.74) is 4.02. The largest absolute Gasteiger partial charge is 0.322 e. The number of nitrogens with zero attached hydrogens (tertiary/aromatic N) is 2. The molecule has 1 heterocycles. The van der Waals surface area contributed by atoms with Crippen LogP contribution >= 0.6 is 0 Å². The van der Waals surface area contributed by atoms with Crippen molar-refractivity contribution in [1.29, 1.82) is 0 Å². The summed E-state index contributed by atoms with van der Waals surface area (Å²) in [6.45, 7) is 6.87. The number of hydrogen-bond acceptors (Lipinski definition) is 2. The number of amides is 1. The Balaban J connectivity index is 2.03. The van der Waals surface area contributed by atoms with E-state index in [2.05, 4.69) is 10.4 Å². The van der Waals surface area contributed by atoms with Crippen LogP contribution in [0, 0.1) is 13.8 Å². The molecule has 0 unspecified atom stereocenters. The highest BCUT2D eigenvalue weighted by Crippen LogP contribution is 2.17. The van der Waals surface area contributed by atoms with Crippen LogP contribution in [0.15, 0.2) is 36.7 Å². The van der Waals surface area contributed by atoms with Gasteiger partial charge in [0.15, 0.2) is 0 Å². The standard InChI is InChI=1S/C16H19N3O/c1-4-19-11-14(10-17-19)8-9-16(20)18-15-7-5-6-12(2)13(15)3/h5-11H,4H2,1-3H3,(H,18,20). The van der Waals surface area contributed by atoms with E-state index < -0.39 is 0 Å². The zero-order valence-electron chi connectivity index (χ0n) is 12.1. The van der Waals surface area contributed by atoms with E-state index in [1.807, 2.05) is 49.8 Å². The van der Waals surface area contributed by atoms with Crippen LogP contribution in [0.1, 0.15) is 23.6 Å². The zero-order chi connectivity index (χ0) is 14.5. The minimum absolute atomic E-state index is 0.136. The van der Waals surface area contributed by atoms with Crippen molar-refractivity contribution in [3.05, 3.63) is 53.4 Å². The molecule has 1 aromatic heterocycles. The lowest BCUT2D eigenvalue weighted by Crippen LogP contribution is -2.09. The van der Waals surface area contributed by atoms with Crippen molar-refractivity contribution in [2.45, 2.75) is 27.3 Å². The molecule has 0 bridgehead atoms. The lowest BCUT2D eigenvalue weighted by atomic mass is 10.1. The van der Waals surface area contributed by atoms with Crippen LogP contribution in [0.25, 0.3) is 6.08 Å². The summed E-state index contributed by atoms with van der Waals surface area (Å²) in [5, 5.41) is 7.05. The molecule has 0 radical (unpaired) electrons. The SMILES string of the molecule is CCn1cc(C=CC(=O)Nc2cccc(C)c2C)cn1. The van der Waals surface area contributed by atoms with Gasteiger partial charge < -0.3 is 5.32 Å². The number of carbonyl (C=O) groups is 1. The number of nitrogens with one attached hydrogen (secondary N) is 1. The van der Waals surface area contributed by atoms with Crippen LogP contribution < -0.4 is 5.32 Å². The van der Waals surface area contributed by atoms with Gasteiger partial charge in [-0.2, -0.15) is 5.10 Å². The van der Waals surface area contributed by atoms with Crippen molar-refractivity contribution in [3.63, 3.8) is 0 Å². The molecule has 1 N–H and O–H groups in total. The third-order valence-corrected chi connectivity index (χ3v) is 3.27. The van der Waals surface area contributed by atoms with Crippen LogP contribution in [0.5, 0.6) is 0 Å². The van der Waals surface area contributed by atoms with Gasteiger partial charge in [-0.15, -0.1) is 0 Å². The smallest absolute Gasteiger partial charge is 0.248 e. The highest BCUT2D eigenvalue weighted by molar-refractivity contribution is 6.02. The van der Waals surface area contributed by atoms with Crippen LogP contribution in [0.3, 0.4) is 0 Å². The van der Waals surface area contributed by atoms with Crippen molar-refractivity contribution >= 4 is 17.7 Å². The Bertz CT molecular complexity index is 641. The second-order valence-electron chi connectivity index (χ2n) is 4.70. The molecule has 0 fully saturated rings. The monoisotopic (exact) mass is 269 g/mol. The Kier molecular flexibility index (Phi) is 4.35. The predicted molar refractivity (Wildman–Crippen MR) is 81.5 cm³/mol. The van der Waals surface area contributed by atoms with Gasteiger partial charge in [0, 0.05) is 30.1 Å². The highest BCUT2D eigenvalue weighted by Gasteiger charge is 2.03. The molecule has 4 heteroatoms. The average molecular weight is 269 g/mol. The molecular weight excluding hydrogens is 250 g/mol. The molecule has 2 aromatic rings. The molecule has 0 aliphatic heterocycles. The number of aryl methyl sites for hydroxylation is 2. The molecule has 1 aromatic carbocycles. The van der Waals surface area contributed by atoms with Gasteiger partial charge >= 0.3 is 0 Å². The normalized spacial score (nSPS) is 10.9. The molecule has 4 nitrogen and oxygen atoms in total. The first kappa shape index (κ1) is 14.1. The maximum absolute atomic E-state index is 11.9. The van der Waals surface area contributed by atoms with Crippen LogP contribution in [-0.4, -0.2) is 15.7 Å². The van der Waals surface area contributed by atoms with Crippen molar-refractivity contribution in [2.75, 3.05) is 5.32 Å². The minimum atomic E-state index is -0.136. The quantitative estimate of drug-likeness (QED) is 0.867. The summed E-state index contributed by atoms with van der Waals surface area (Å²) in [6, 6.07) is 5.87. The Labute approximate surface area is 119 Å². The number of benzene rings is 1. The molecule has 20 heavy (non-hydrogen) atoms. The Morgan fingerprint density at radius 3 is 2.90 bits per heavy atom. The van der Waals surface area contributed by atoms with Crippen LogP contribution in [0.2, 0.25) is 0 Å². The summed E-state index contributed by atoms with van der Waals surface area (Å²) in [5.74, 6) is -0.136. The van der Waals surface area contributed by atoms with Gasteiger partial charge in [0.25, 0.3) is 0 Å². The first-order valence-corrected chi connectivity index (χ1v) is 6.68. The maximum atomic E-state index is 11.9. The van der Waals surface area contributed by atoms with E-state index >= 15 is 0 Å². The molecule has 0 aliphatic rings. The lowest BCUT2D eigenvalue weighted by molar-refractivity contribution is -0.111. The summed E-state index contributed by atoms with van der Waals surface area (Å²) in [7, 11) is 0. The van der Waals surface area contributed by atoms with Crippen molar-refractivity contribution in [2.24, 2.45) is 0 Å². The summed E-state index contributed by atoms with van der Waals surface area (Å²) in [6.07, 6.45) is 6.94. The summed E-state index contributed by atoms with van der Waals surface area (Å²) >= 11 is 0. The van der Waals surface area contributed by atoms with E-state index in [4.69, 9.17) is 0 Å². The van der Waals surface area contributed by atoms with Crippen LogP contribution in [-0.2, 0) is 11.3 Å². The molecular formula is C16H19N3O. The predicted octanol–water partition coefficient (Wildman–Crippen LogP) is 3.17. The Hall–Kier alpha value is -2.36. The van der Waals surface area contributed by atoms with Crippen molar-refractivity contribution < 1.29 is 4.79 Å². The molecule has 0 atom stereocenters. The maximum Gasteiger partial charge on any atom is 0.248 e. The molecule has 2 rings (SSSR count). The van der Waals surface area contributed by atoms with Gasteiger partial charge in [0.05, 0.1) is 6.20 Å². The Morgan fingerprint density at radius 2 is 2.20 bits per heavy atom. The van der Waals surface area contributed by atoms with Gasteiger partial charge in [-0.3, -0.25) is 9.48 Å². The van der Waals surface area contributed by atoms with Gasteiger partial charge in [-0.25, -0.2) is 0 Å². The first-order valence-electron chi connectivity index (χ1n) is 6.68. The second kappa shape index (κ2) is 6.19. The third-order valence-electron chi connectivity index (χ3n) is 3.27. The van der Waals surface area contributed by atoms with Gasteiger partial charge in [-0.1, -0.05) is 12.1 Å². The fourth-order valence-corrected chi connectivity index (χ4v) is 1.87. The number of rotatable bonds is 4. The topological polar surface area (TPSA) is 46.9 Å². The second-order valence-corrected chi connectivity index (χ2v) is 4.70. The molecule has 0 saturated carbocycles. The van der Waals surface area contributed by atoms with E-state index in [0.29, 0.717) is 0 Å². The first-order chi connectivity index (χ1) is 9.60. The van der Waals surface area contributed by atoms with E-state index in [9.17, 15) is 4.79 Å². The molecule has 0 saturated heterocycles. The molecule has 0 aliphatic carbocycles. The van der Waals surface area contributed by atoms with E-state index in [1.54, 1.807) is 12.3 Å². The highest BCUT2D eigenvalue weighted by atomic mass is 16.1. The van der Waals surface area contributed by atoms with Gasteiger partial charge in [-0.05, 0) is 44.0 Å². The molecule has 104 valence electrons. The minimum Gasteiger partial charge on any atom is -0.322 e. The zero-order valence-corrected chi connectivity index (χ0v) is 12.1. The number of aromatic nitrogens is 2.